The van der Waals surface area contributed by atoms with E-state index in [2.05, 4.69) is 12.1 Å². The van der Waals surface area contributed by atoms with Crippen molar-refractivity contribution in [2.75, 3.05) is 6.61 Å². The van der Waals surface area contributed by atoms with E-state index in [4.69, 9.17) is 4.74 Å². The molecule has 0 bridgehead atoms. The summed E-state index contributed by atoms with van der Waals surface area (Å²) in [6.45, 7) is 2.30. The molecule has 4 aliphatic carbocycles. The minimum atomic E-state index is -0.190. The molecular weight excluding hydrogens is 296 g/mol. The first-order valence-electron chi connectivity index (χ1n) is 10.00. The lowest BCUT2D eigenvalue weighted by atomic mass is 9.87. The highest BCUT2D eigenvalue weighted by Gasteiger charge is 2.83. The fourth-order valence-electron chi connectivity index (χ4n) is 6.90. The van der Waals surface area contributed by atoms with Gasteiger partial charge >= 0.3 is 5.97 Å². The van der Waals surface area contributed by atoms with Crippen molar-refractivity contribution in [1.29, 1.82) is 0 Å². The molecule has 1 unspecified atom stereocenters. The molecule has 2 heteroatoms. The van der Waals surface area contributed by atoms with Crippen LogP contribution in [0, 0.1) is 23.2 Å². The fourth-order valence-corrected chi connectivity index (χ4v) is 6.90. The Hall–Kier alpha value is -1.31. The van der Waals surface area contributed by atoms with E-state index in [0.717, 1.165) is 17.8 Å². The molecule has 4 saturated carbocycles. The molecule has 1 aromatic rings. The van der Waals surface area contributed by atoms with E-state index in [-0.39, 0.29) is 5.97 Å². The third-order valence-electron chi connectivity index (χ3n) is 7.83. The van der Waals surface area contributed by atoms with E-state index in [1.165, 1.54) is 56.9 Å². The zero-order chi connectivity index (χ0) is 16.4. The summed E-state index contributed by atoms with van der Waals surface area (Å²) in [5, 5.41) is 0. The smallest absolute Gasteiger partial charge is 0.338 e. The number of fused-ring (bicyclic) bond motifs is 3. The summed E-state index contributed by atoms with van der Waals surface area (Å²) in [5.41, 5.74) is 3.39. The number of hydrogen-bond donors (Lipinski definition) is 0. The molecule has 4 fully saturated rings. The molecule has 24 heavy (non-hydrogen) atoms. The molecule has 2 nitrogen and oxygen atoms in total. The van der Waals surface area contributed by atoms with Crippen molar-refractivity contribution in [2.45, 2.75) is 63.7 Å². The summed E-state index contributed by atoms with van der Waals surface area (Å²) in [4.78, 5) is 11.9. The second-order valence-electron chi connectivity index (χ2n) is 8.71. The van der Waals surface area contributed by atoms with Crippen LogP contribution in [0.3, 0.4) is 0 Å². The molecule has 5 atom stereocenters. The highest BCUT2D eigenvalue weighted by atomic mass is 16.5. The SMILES string of the molecule is CCOC(=O)c1ccc([C@@]23C[C@H]2CC24CCCCCC[C@H]2[C@H]43)cc1. The first kappa shape index (κ1) is 15.0. The van der Waals surface area contributed by atoms with Crippen molar-refractivity contribution in [1.82, 2.24) is 0 Å². The predicted octanol–water partition coefficient (Wildman–Crippen LogP) is 5.11. The van der Waals surface area contributed by atoms with Crippen molar-refractivity contribution in [3.05, 3.63) is 35.4 Å². The summed E-state index contributed by atoms with van der Waals surface area (Å²) in [6, 6.07) is 8.45. The molecular formula is C22H28O2. The van der Waals surface area contributed by atoms with Gasteiger partial charge in [0.25, 0.3) is 0 Å². The number of esters is 1. The lowest BCUT2D eigenvalue weighted by Crippen LogP contribution is -2.13. The Morgan fingerprint density at radius 1 is 1.12 bits per heavy atom. The van der Waals surface area contributed by atoms with Crippen LogP contribution in [0.5, 0.6) is 0 Å². The Labute approximate surface area is 145 Å². The van der Waals surface area contributed by atoms with Crippen LogP contribution >= 0.6 is 0 Å². The van der Waals surface area contributed by atoms with Crippen LogP contribution in [0.25, 0.3) is 0 Å². The normalized spacial score (nSPS) is 42.1. The lowest BCUT2D eigenvalue weighted by molar-refractivity contribution is 0.0526. The van der Waals surface area contributed by atoms with Crippen LogP contribution in [0.15, 0.2) is 24.3 Å². The van der Waals surface area contributed by atoms with E-state index in [9.17, 15) is 4.79 Å². The maximum absolute atomic E-state index is 11.9. The molecule has 0 aliphatic heterocycles. The summed E-state index contributed by atoms with van der Waals surface area (Å²) in [7, 11) is 0. The van der Waals surface area contributed by atoms with Crippen LogP contribution in [0.1, 0.15) is 74.2 Å². The Morgan fingerprint density at radius 2 is 1.92 bits per heavy atom. The zero-order valence-electron chi connectivity index (χ0n) is 14.7. The molecule has 0 saturated heterocycles. The van der Waals surface area contributed by atoms with Gasteiger partial charge in [-0.2, -0.15) is 0 Å². The molecule has 128 valence electrons. The number of carbonyl (C=O) groups excluding carboxylic acids is 1. The Morgan fingerprint density at radius 3 is 2.71 bits per heavy atom. The molecule has 1 spiro atoms. The van der Waals surface area contributed by atoms with Crippen LogP contribution in [0.2, 0.25) is 0 Å². The van der Waals surface area contributed by atoms with Crippen LogP contribution in [-0.2, 0) is 10.2 Å². The Kier molecular flexibility index (Phi) is 3.18. The quantitative estimate of drug-likeness (QED) is 0.722. The predicted molar refractivity (Wildman–Crippen MR) is 93.9 cm³/mol. The maximum Gasteiger partial charge on any atom is 0.338 e. The van der Waals surface area contributed by atoms with Gasteiger partial charge in [0, 0.05) is 5.41 Å². The van der Waals surface area contributed by atoms with Crippen LogP contribution in [-0.4, -0.2) is 12.6 Å². The molecule has 0 heterocycles. The largest absolute Gasteiger partial charge is 0.462 e. The summed E-state index contributed by atoms with van der Waals surface area (Å²) in [6.07, 6.45) is 11.7. The number of carbonyl (C=O) groups is 1. The summed E-state index contributed by atoms with van der Waals surface area (Å²) in [5.74, 6) is 2.68. The van der Waals surface area contributed by atoms with Gasteiger partial charge in [-0.05, 0) is 73.5 Å². The number of benzene rings is 1. The molecule has 4 aliphatic rings. The number of rotatable bonds is 3. The van der Waals surface area contributed by atoms with Gasteiger partial charge in [-0.1, -0.05) is 37.8 Å². The van der Waals surface area contributed by atoms with E-state index in [1.54, 1.807) is 0 Å². The van der Waals surface area contributed by atoms with Gasteiger partial charge in [0.15, 0.2) is 0 Å². The van der Waals surface area contributed by atoms with Gasteiger partial charge in [-0.3, -0.25) is 0 Å². The van der Waals surface area contributed by atoms with Gasteiger partial charge in [0.2, 0.25) is 0 Å². The first-order valence-corrected chi connectivity index (χ1v) is 10.00. The van der Waals surface area contributed by atoms with Gasteiger partial charge in [0.05, 0.1) is 12.2 Å². The third-order valence-corrected chi connectivity index (χ3v) is 7.83. The average molecular weight is 324 g/mol. The van der Waals surface area contributed by atoms with Crippen molar-refractivity contribution in [2.24, 2.45) is 23.2 Å². The summed E-state index contributed by atoms with van der Waals surface area (Å²) < 4.78 is 5.12. The molecule has 0 amide bonds. The fraction of sp³-hybridized carbons (Fsp3) is 0.682. The van der Waals surface area contributed by atoms with Gasteiger partial charge in [-0.15, -0.1) is 0 Å². The zero-order valence-corrected chi connectivity index (χ0v) is 14.7. The van der Waals surface area contributed by atoms with Crippen molar-refractivity contribution < 1.29 is 9.53 Å². The van der Waals surface area contributed by atoms with Gasteiger partial charge < -0.3 is 4.74 Å². The second kappa shape index (κ2) is 5.09. The van der Waals surface area contributed by atoms with E-state index >= 15 is 0 Å². The Balaban J connectivity index is 1.41. The second-order valence-corrected chi connectivity index (χ2v) is 8.71. The molecule has 0 aromatic heterocycles. The molecule has 0 radical (unpaired) electrons. The highest BCUT2D eigenvalue weighted by Crippen LogP contribution is 2.88. The first-order chi connectivity index (χ1) is 11.7. The number of hydrogen-bond acceptors (Lipinski definition) is 2. The summed E-state index contributed by atoms with van der Waals surface area (Å²) >= 11 is 0. The average Bonchev–Trinajstić information content (AvgIpc) is 3.42. The Bertz CT molecular complexity index is 663. The lowest BCUT2D eigenvalue weighted by Gasteiger charge is -2.18. The molecule has 1 aromatic carbocycles. The molecule has 5 rings (SSSR count). The van der Waals surface area contributed by atoms with Crippen molar-refractivity contribution in [3.63, 3.8) is 0 Å². The maximum atomic E-state index is 11.9. The highest BCUT2D eigenvalue weighted by molar-refractivity contribution is 5.89. The minimum Gasteiger partial charge on any atom is -0.462 e. The van der Waals surface area contributed by atoms with E-state index < -0.39 is 0 Å². The van der Waals surface area contributed by atoms with Crippen molar-refractivity contribution in [3.8, 4) is 0 Å². The minimum absolute atomic E-state index is 0.190. The van der Waals surface area contributed by atoms with E-state index in [1.807, 2.05) is 19.1 Å². The third kappa shape index (κ3) is 1.86. The standard InChI is InChI=1S/C22H28O2/c1-2-24-20(23)15-8-10-16(11-9-15)22-14-17(22)13-21-12-6-4-3-5-7-18(21)19(21)22/h8-11,17-19H,2-7,12-14H2,1H3/t17-,18+,19-,21?,22+/m1/s1. The monoisotopic (exact) mass is 324 g/mol. The van der Waals surface area contributed by atoms with Crippen molar-refractivity contribution >= 4 is 5.97 Å². The van der Waals surface area contributed by atoms with E-state index in [0.29, 0.717) is 23.0 Å². The number of ether oxygens (including phenoxy) is 1. The van der Waals surface area contributed by atoms with Crippen LogP contribution < -0.4 is 0 Å². The van der Waals surface area contributed by atoms with Gasteiger partial charge in [-0.25, -0.2) is 4.79 Å². The van der Waals surface area contributed by atoms with Gasteiger partial charge in [0.1, 0.15) is 0 Å². The van der Waals surface area contributed by atoms with Crippen LogP contribution in [0.4, 0.5) is 0 Å². The topological polar surface area (TPSA) is 26.3 Å². The molecule has 0 N–H and O–H groups in total.